The predicted molar refractivity (Wildman–Crippen MR) is 271 cm³/mol. The van der Waals surface area contributed by atoms with Gasteiger partial charge in [0.25, 0.3) is 0 Å². The van der Waals surface area contributed by atoms with Gasteiger partial charge in [0.15, 0.2) is 0 Å². The van der Waals surface area contributed by atoms with E-state index in [0.29, 0.717) is 5.95 Å². The zero-order valence-corrected chi connectivity index (χ0v) is 35.3. The fourth-order valence-corrected chi connectivity index (χ4v) is 12.6. The van der Waals surface area contributed by atoms with Crippen molar-refractivity contribution in [3.8, 4) is 39.5 Å². The summed E-state index contributed by atoms with van der Waals surface area (Å²) in [5, 5.41) is 14.6. The van der Waals surface area contributed by atoms with Crippen LogP contribution in [0.4, 0.5) is 0 Å². The maximum Gasteiger partial charge on any atom is 0.236 e. The van der Waals surface area contributed by atoms with E-state index < -0.39 is 0 Å². The molecule has 14 rings (SSSR count). The fourth-order valence-electron chi connectivity index (χ4n) is 10.3. The van der Waals surface area contributed by atoms with Crippen LogP contribution in [0.25, 0.3) is 134 Å². The molecule has 0 spiro atoms. The van der Waals surface area contributed by atoms with Crippen LogP contribution in [0.2, 0.25) is 0 Å². The van der Waals surface area contributed by atoms with Crippen LogP contribution < -0.4 is 0 Å². The van der Waals surface area contributed by atoms with Crippen molar-refractivity contribution in [2.75, 3.05) is 0 Å². The van der Waals surface area contributed by atoms with Gasteiger partial charge in [-0.3, -0.25) is 4.57 Å². The maximum absolute atomic E-state index is 5.89. The van der Waals surface area contributed by atoms with E-state index in [-0.39, 0.29) is 0 Å². The van der Waals surface area contributed by atoms with E-state index in [0.717, 1.165) is 32.5 Å². The Morgan fingerprint density at radius 1 is 0.349 bits per heavy atom. The molecule has 10 aromatic carbocycles. The molecule has 0 saturated heterocycles. The smallest absolute Gasteiger partial charge is 0.236 e. The van der Waals surface area contributed by atoms with Crippen LogP contribution in [0.5, 0.6) is 0 Å². The molecule has 0 fully saturated rings. The quantitative estimate of drug-likeness (QED) is 0.177. The predicted octanol–water partition coefficient (Wildman–Crippen LogP) is 16.8. The van der Waals surface area contributed by atoms with Gasteiger partial charge in [-0.1, -0.05) is 170 Å². The van der Waals surface area contributed by atoms with Crippen LogP contribution in [0.1, 0.15) is 0 Å². The van der Waals surface area contributed by atoms with Gasteiger partial charge in [0.05, 0.1) is 16.7 Å². The molecule has 5 heteroatoms. The highest BCUT2D eigenvalue weighted by atomic mass is 32.1. The first-order chi connectivity index (χ1) is 31.3. The molecule has 0 radical (unpaired) electrons. The zero-order chi connectivity index (χ0) is 41.2. The van der Waals surface area contributed by atoms with Crippen molar-refractivity contribution in [3.63, 3.8) is 0 Å². The van der Waals surface area contributed by atoms with Gasteiger partial charge in [-0.15, -0.1) is 22.7 Å². The first-order valence-corrected chi connectivity index (χ1v) is 23.0. The Morgan fingerprint density at radius 2 is 0.825 bits per heavy atom. The molecule has 4 heterocycles. The second-order valence-electron chi connectivity index (χ2n) is 16.4. The van der Waals surface area contributed by atoms with Crippen LogP contribution in [0.3, 0.4) is 0 Å². The van der Waals surface area contributed by atoms with Gasteiger partial charge in [0, 0.05) is 52.0 Å². The molecule has 0 saturated carbocycles. The fraction of sp³-hybridized carbons (Fsp3) is 0. The number of nitrogens with zero attached hydrogens (tertiary/aromatic N) is 3. The molecular formula is C58H33N3S2. The topological polar surface area (TPSA) is 30.7 Å². The van der Waals surface area contributed by atoms with Crippen LogP contribution in [-0.2, 0) is 0 Å². The second kappa shape index (κ2) is 13.4. The van der Waals surface area contributed by atoms with Crippen molar-refractivity contribution in [1.82, 2.24) is 14.5 Å². The Kier molecular flexibility index (Phi) is 7.43. The molecule has 0 aliphatic heterocycles. The van der Waals surface area contributed by atoms with Crippen LogP contribution in [0.15, 0.2) is 200 Å². The minimum absolute atomic E-state index is 0.662. The largest absolute Gasteiger partial charge is 0.278 e. The Hall–Kier alpha value is -7.70. The third-order valence-corrected chi connectivity index (χ3v) is 15.3. The third kappa shape index (κ3) is 5.06. The van der Waals surface area contributed by atoms with Gasteiger partial charge in [-0.05, 0) is 84.9 Å². The molecule has 0 amide bonds. The first-order valence-electron chi connectivity index (χ1n) is 21.3. The lowest BCUT2D eigenvalue weighted by Crippen LogP contribution is -2.03. The van der Waals surface area contributed by atoms with Crippen molar-refractivity contribution >= 4 is 117 Å². The van der Waals surface area contributed by atoms with E-state index >= 15 is 0 Å². The lowest BCUT2D eigenvalue weighted by Gasteiger charge is -2.14. The summed E-state index contributed by atoms with van der Waals surface area (Å²) in [6.07, 6.45) is 0. The number of hydrogen-bond acceptors (Lipinski definition) is 4. The van der Waals surface area contributed by atoms with Crippen LogP contribution in [-0.4, -0.2) is 14.5 Å². The highest BCUT2D eigenvalue weighted by Crippen LogP contribution is 2.49. The zero-order valence-electron chi connectivity index (χ0n) is 33.7. The van der Waals surface area contributed by atoms with E-state index in [2.05, 4.69) is 205 Å². The van der Waals surface area contributed by atoms with Gasteiger partial charge in [-0.2, -0.15) is 0 Å². The summed E-state index contributed by atoms with van der Waals surface area (Å²) in [5.41, 5.74) is 8.95. The molecule has 292 valence electrons. The number of fused-ring (bicyclic) bond motifs is 15. The SMILES string of the molecule is c1ccc(-c2cc3c(c4ccccc24)c2c4ccccc4c(-c4ccccc4)cc2n3-c2nc(-c3cc4ccccc4c4c3sc3ccccc34)c3c(n2)sc2ccccc23)cc1. The number of thiophene rings is 2. The van der Waals surface area contributed by atoms with Crippen molar-refractivity contribution in [3.05, 3.63) is 200 Å². The minimum atomic E-state index is 0.662. The lowest BCUT2D eigenvalue weighted by atomic mass is 9.92. The molecule has 3 nitrogen and oxygen atoms in total. The van der Waals surface area contributed by atoms with Gasteiger partial charge in [-0.25, -0.2) is 9.97 Å². The number of rotatable bonds is 4. The molecule has 0 atom stereocenters. The van der Waals surface area contributed by atoms with Gasteiger partial charge >= 0.3 is 0 Å². The highest BCUT2D eigenvalue weighted by Gasteiger charge is 2.26. The average molecular weight is 836 g/mol. The van der Waals surface area contributed by atoms with Crippen molar-refractivity contribution < 1.29 is 0 Å². The molecule has 4 aromatic heterocycles. The van der Waals surface area contributed by atoms with Crippen LogP contribution in [0, 0.1) is 0 Å². The van der Waals surface area contributed by atoms with Gasteiger partial charge in [0.1, 0.15) is 4.83 Å². The first kappa shape index (κ1) is 35.0. The Labute approximate surface area is 369 Å². The highest BCUT2D eigenvalue weighted by molar-refractivity contribution is 7.27. The van der Waals surface area contributed by atoms with E-state index in [1.54, 1.807) is 11.3 Å². The van der Waals surface area contributed by atoms with Crippen molar-refractivity contribution in [2.24, 2.45) is 0 Å². The molecule has 0 aliphatic carbocycles. The average Bonchev–Trinajstić information content (AvgIpc) is 4.04. The van der Waals surface area contributed by atoms with E-state index in [4.69, 9.17) is 9.97 Å². The Balaban J connectivity index is 1.20. The van der Waals surface area contributed by atoms with Crippen molar-refractivity contribution in [2.45, 2.75) is 0 Å². The molecular weight excluding hydrogens is 803 g/mol. The summed E-state index contributed by atoms with van der Waals surface area (Å²) >= 11 is 3.61. The normalized spacial score (nSPS) is 12.1. The summed E-state index contributed by atoms with van der Waals surface area (Å²) in [6.45, 7) is 0. The van der Waals surface area contributed by atoms with Gasteiger partial charge in [0.2, 0.25) is 5.95 Å². The van der Waals surface area contributed by atoms with E-state index in [1.165, 1.54) is 95.6 Å². The Bertz CT molecular complexity index is 4060. The van der Waals surface area contributed by atoms with E-state index in [9.17, 15) is 0 Å². The summed E-state index contributed by atoms with van der Waals surface area (Å²) in [4.78, 5) is 12.5. The molecule has 0 N–H and O–H groups in total. The minimum Gasteiger partial charge on any atom is -0.278 e. The lowest BCUT2D eigenvalue weighted by molar-refractivity contribution is 1.02. The molecule has 0 aliphatic rings. The summed E-state index contributed by atoms with van der Waals surface area (Å²) in [7, 11) is 0. The summed E-state index contributed by atoms with van der Waals surface area (Å²) in [5.74, 6) is 0.662. The number of aromatic nitrogens is 3. The standard InChI is InChI=1S/C58H33N3S2/c1-3-17-34(18-4-1)44-32-47-52(40-25-11-9-23-38(40)44)53-41-26-12-10-24-39(41)45(35-19-5-2-6-20-35)33-48(53)61(47)58-59-55(54-43-28-14-16-30-50(43)63-57(54)60-58)46-31-36-21-7-8-22-37(36)51-42-27-13-15-29-49(42)62-56(46)51/h1-33H. The summed E-state index contributed by atoms with van der Waals surface area (Å²) in [6, 6.07) is 72.9. The molecule has 0 bridgehead atoms. The number of hydrogen-bond donors (Lipinski definition) is 0. The van der Waals surface area contributed by atoms with Gasteiger partial charge < -0.3 is 0 Å². The van der Waals surface area contributed by atoms with Crippen LogP contribution >= 0.6 is 22.7 Å². The summed E-state index contributed by atoms with van der Waals surface area (Å²) < 4.78 is 6.09. The third-order valence-electron chi connectivity index (χ3n) is 13.0. The molecule has 0 unspecified atom stereocenters. The van der Waals surface area contributed by atoms with Crippen molar-refractivity contribution in [1.29, 1.82) is 0 Å². The molecule has 63 heavy (non-hydrogen) atoms. The maximum atomic E-state index is 5.89. The van der Waals surface area contributed by atoms with E-state index in [1.807, 2.05) is 11.3 Å². The monoisotopic (exact) mass is 835 g/mol. The second-order valence-corrected chi connectivity index (χ2v) is 18.5. The Morgan fingerprint density at radius 3 is 1.43 bits per heavy atom. The molecule has 14 aromatic rings. The number of benzene rings is 10.